The number of hydrogen-bond acceptors (Lipinski definition) is 2. The maximum atomic E-state index is 12.1. The number of carbonyl (C=O) groups excluding carboxylic acids is 1. The van der Waals surface area contributed by atoms with Crippen LogP contribution in [0.3, 0.4) is 0 Å². The topological polar surface area (TPSA) is 29.1 Å². The van der Waals surface area contributed by atoms with Crippen LogP contribution in [0.1, 0.15) is 12.5 Å². The molecule has 2 nitrogen and oxygen atoms in total. The number of halogens is 1. The largest absolute Gasteiger partial charge is 0.324 e. The fourth-order valence-corrected chi connectivity index (χ4v) is 2.70. The van der Waals surface area contributed by atoms with Gasteiger partial charge in [-0.05, 0) is 24.6 Å². The normalized spacial score (nSPS) is 11.9. The van der Waals surface area contributed by atoms with Crippen molar-refractivity contribution in [3.05, 3.63) is 65.2 Å². The highest BCUT2D eigenvalue weighted by atomic mass is 35.5. The molecule has 0 spiro atoms. The number of amides is 1. The van der Waals surface area contributed by atoms with Crippen LogP contribution in [-0.4, -0.2) is 11.2 Å². The molecule has 0 aliphatic rings. The predicted octanol–water partition coefficient (Wildman–Crippen LogP) is 4.60. The van der Waals surface area contributed by atoms with E-state index in [1.807, 2.05) is 37.3 Å². The second-order valence-corrected chi connectivity index (χ2v) is 6.14. The average Bonchev–Trinajstić information content (AvgIpc) is 2.48. The number of carbonyl (C=O) groups is 1. The Morgan fingerprint density at radius 1 is 1.15 bits per heavy atom. The van der Waals surface area contributed by atoms with Crippen molar-refractivity contribution in [3.8, 4) is 0 Å². The molecule has 1 N–H and O–H groups in total. The third-order valence-corrected chi connectivity index (χ3v) is 4.39. The van der Waals surface area contributed by atoms with E-state index in [4.69, 9.17) is 11.6 Å². The summed E-state index contributed by atoms with van der Waals surface area (Å²) in [6.45, 7) is 1.90. The number of anilines is 1. The Labute approximate surface area is 128 Å². The fourth-order valence-electron chi connectivity index (χ4n) is 1.67. The summed E-state index contributed by atoms with van der Waals surface area (Å²) < 4.78 is 0. The van der Waals surface area contributed by atoms with Crippen LogP contribution in [0.5, 0.6) is 0 Å². The molecule has 0 fully saturated rings. The Balaban J connectivity index is 1.88. The number of nitrogens with one attached hydrogen (secondary N) is 1. The zero-order chi connectivity index (χ0) is 14.4. The summed E-state index contributed by atoms with van der Waals surface area (Å²) in [6.07, 6.45) is 0. The third kappa shape index (κ3) is 4.29. The molecule has 0 aliphatic heterocycles. The van der Waals surface area contributed by atoms with Crippen molar-refractivity contribution in [3.63, 3.8) is 0 Å². The summed E-state index contributed by atoms with van der Waals surface area (Å²) in [6, 6.07) is 17.4. The van der Waals surface area contributed by atoms with E-state index in [9.17, 15) is 4.79 Å². The van der Waals surface area contributed by atoms with E-state index < -0.39 is 0 Å². The summed E-state index contributed by atoms with van der Waals surface area (Å²) in [7, 11) is 0. The van der Waals surface area contributed by atoms with Crippen LogP contribution < -0.4 is 5.32 Å². The van der Waals surface area contributed by atoms with E-state index >= 15 is 0 Å². The van der Waals surface area contributed by atoms with Gasteiger partial charge in [0.15, 0.2) is 0 Å². The lowest BCUT2D eigenvalue weighted by Crippen LogP contribution is -2.22. The minimum absolute atomic E-state index is 0.0287. The molecule has 20 heavy (non-hydrogen) atoms. The van der Waals surface area contributed by atoms with Gasteiger partial charge in [-0.3, -0.25) is 4.79 Å². The van der Waals surface area contributed by atoms with Gasteiger partial charge in [0.1, 0.15) is 0 Å². The quantitative estimate of drug-likeness (QED) is 0.874. The molecule has 0 unspecified atom stereocenters. The number of rotatable bonds is 5. The monoisotopic (exact) mass is 305 g/mol. The molecular weight excluding hydrogens is 290 g/mol. The fraction of sp³-hybridized carbons (Fsp3) is 0.188. The first kappa shape index (κ1) is 14.9. The zero-order valence-electron chi connectivity index (χ0n) is 11.2. The molecule has 2 aromatic rings. The van der Waals surface area contributed by atoms with Crippen molar-refractivity contribution >= 4 is 35.0 Å². The van der Waals surface area contributed by atoms with E-state index in [2.05, 4.69) is 17.4 Å². The van der Waals surface area contributed by atoms with Crippen molar-refractivity contribution in [2.45, 2.75) is 17.9 Å². The van der Waals surface area contributed by atoms with Crippen LogP contribution in [0.2, 0.25) is 5.02 Å². The van der Waals surface area contributed by atoms with E-state index in [1.165, 1.54) is 5.56 Å². The maximum Gasteiger partial charge on any atom is 0.237 e. The Kier molecular flexibility index (Phi) is 5.50. The van der Waals surface area contributed by atoms with Gasteiger partial charge in [0, 0.05) is 5.75 Å². The van der Waals surface area contributed by atoms with E-state index in [0.29, 0.717) is 10.7 Å². The van der Waals surface area contributed by atoms with Crippen LogP contribution in [0.25, 0.3) is 0 Å². The van der Waals surface area contributed by atoms with E-state index in [0.717, 1.165) is 5.75 Å². The Hall–Kier alpha value is -1.45. The van der Waals surface area contributed by atoms with Gasteiger partial charge in [-0.15, -0.1) is 11.8 Å². The highest BCUT2D eigenvalue weighted by molar-refractivity contribution is 7.99. The van der Waals surface area contributed by atoms with Gasteiger partial charge in [-0.25, -0.2) is 0 Å². The smallest absolute Gasteiger partial charge is 0.237 e. The number of benzene rings is 2. The molecule has 0 heterocycles. The van der Waals surface area contributed by atoms with Gasteiger partial charge in [0.2, 0.25) is 5.91 Å². The van der Waals surface area contributed by atoms with Crippen molar-refractivity contribution in [2.75, 3.05) is 5.32 Å². The van der Waals surface area contributed by atoms with Gasteiger partial charge in [0.25, 0.3) is 0 Å². The van der Waals surface area contributed by atoms with Crippen molar-refractivity contribution in [1.29, 1.82) is 0 Å². The average molecular weight is 306 g/mol. The second kappa shape index (κ2) is 7.36. The summed E-state index contributed by atoms with van der Waals surface area (Å²) in [4.78, 5) is 12.1. The molecular formula is C16H16ClNOS. The molecule has 0 aliphatic carbocycles. The van der Waals surface area contributed by atoms with Crippen molar-refractivity contribution in [1.82, 2.24) is 0 Å². The van der Waals surface area contributed by atoms with Crippen LogP contribution >= 0.6 is 23.4 Å². The highest BCUT2D eigenvalue weighted by Gasteiger charge is 2.14. The SMILES string of the molecule is C[C@@H](SCc1ccccc1)C(=O)Nc1ccccc1Cl. The first-order chi connectivity index (χ1) is 9.66. The van der Waals surface area contributed by atoms with Crippen LogP contribution in [-0.2, 0) is 10.5 Å². The molecule has 0 saturated heterocycles. The van der Waals surface area contributed by atoms with Crippen molar-refractivity contribution in [2.24, 2.45) is 0 Å². The van der Waals surface area contributed by atoms with Crippen LogP contribution in [0, 0.1) is 0 Å². The Bertz CT molecular complexity index is 574. The lowest BCUT2D eigenvalue weighted by Gasteiger charge is -2.12. The molecule has 0 aromatic heterocycles. The lowest BCUT2D eigenvalue weighted by atomic mass is 10.2. The van der Waals surface area contributed by atoms with Crippen molar-refractivity contribution < 1.29 is 4.79 Å². The van der Waals surface area contributed by atoms with E-state index in [-0.39, 0.29) is 11.2 Å². The zero-order valence-corrected chi connectivity index (χ0v) is 12.7. The molecule has 2 rings (SSSR count). The molecule has 4 heteroatoms. The highest BCUT2D eigenvalue weighted by Crippen LogP contribution is 2.23. The van der Waals surface area contributed by atoms with Crippen LogP contribution in [0.15, 0.2) is 54.6 Å². The number of para-hydroxylation sites is 1. The minimum atomic E-state index is -0.133. The standard InChI is InChI=1S/C16H16ClNOS/c1-12(20-11-13-7-3-2-4-8-13)16(19)18-15-10-6-5-9-14(15)17/h2-10,12H,11H2,1H3,(H,18,19)/t12-/m1/s1. The van der Waals surface area contributed by atoms with E-state index in [1.54, 1.807) is 23.9 Å². The predicted molar refractivity (Wildman–Crippen MR) is 87.3 cm³/mol. The molecule has 0 bridgehead atoms. The minimum Gasteiger partial charge on any atom is -0.324 e. The molecule has 0 saturated carbocycles. The van der Waals surface area contributed by atoms with Gasteiger partial charge in [-0.2, -0.15) is 0 Å². The Morgan fingerprint density at radius 3 is 2.50 bits per heavy atom. The number of hydrogen-bond donors (Lipinski definition) is 1. The second-order valence-electron chi connectivity index (χ2n) is 4.41. The molecule has 1 amide bonds. The number of thioether (sulfide) groups is 1. The van der Waals surface area contributed by atoms with Gasteiger partial charge >= 0.3 is 0 Å². The third-order valence-electron chi connectivity index (χ3n) is 2.84. The first-order valence-corrected chi connectivity index (χ1v) is 7.80. The summed E-state index contributed by atoms with van der Waals surface area (Å²) >= 11 is 7.63. The van der Waals surface area contributed by atoms with Crippen LogP contribution in [0.4, 0.5) is 5.69 Å². The molecule has 1 atom stereocenters. The maximum absolute atomic E-state index is 12.1. The Morgan fingerprint density at radius 2 is 1.80 bits per heavy atom. The summed E-state index contributed by atoms with van der Waals surface area (Å²) in [5, 5.41) is 3.28. The van der Waals surface area contributed by atoms with Gasteiger partial charge in [-0.1, -0.05) is 54.1 Å². The van der Waals surface area contributed by atoms with Gasteiger partial charge < -0.3 is 5.32 Å². The molecule has 2 aromatic carbocycles. The summed E-state index contributed by atoms with van der Waals surface area (Å²) in [5.41, 5.74) is 1.88. The van der Waals surface area contributed by atoms with Gasteiger partial charge in [0.05, 0.1) is 16.0 Å². The molecule has 104 valence electrons. The summed E-state index contributed by atoms with van der Waals surface area (Å²) in [5.74, 6) is 0.789. The lowest BCUT2D eigenvalue weighted by molar-refractivity contribution is -0.115. The first-order valence-electron chi connectivity index (χ1n) is 6.38. The molecule has 0 radical (unpaired) electrons.